The topological polar surface area (TPSA) is 68.7 Å². The van der Waals surface area contributed by atoms with Crippen molar-refractivity contribution in [3.05, 3.63) is 34.8 Å². The maximum atomic E-state index is 12.5. The zero-order valence-corrected chi connectivity index (χ0v) is 17.2. The van der Waals surface area contributed by atoms with E-state index in [2.05, 4.69) is 4.98 Å². The summed E-state index contributed by atoms with van der Waals surface area (Å²) in [6.45, 7) is 3.06. The number of hydrogen-bond donors (Lipinski definition) is 0. The Hall–Kier alpha value is -2.41. The molecule has 0 bridgehead atoms. The number of ether oxygens (including phenoxy) is 2. The molecule has 1 saturated heterocycles. The van der Waals surface area contributed by atoms with E-state index in [9.17, 15) is 9.59 Å². The van der Waals surface area contributed by atoms with Gasteiger partial charge in [0, 0.05) is 18.7 Å². The second-order valence-electron chi connectivity index (χ2n) is 6.89. The van der Waals surface area contributed by atoms with E-state index in [4.69, 9.17) is 9.47 Å². The van der Waals surface area contributed by atoms with E-state index in [0.29, 0.717) is 10.6 Å². The second kappa shape index (κ2) is 9.68. The number of thiazole rings is 1. The van der Waals surface area contributed by atoms with Crippen LogP contribution in [0.5, 0.6) is 5.75 Å². The largest absolute Gasteiger partial charge is 0.497 e. The Morgan fingerprint density at radius 3 is 2.36 bits per heavy atom. The van der Waals surface area contributed by atoms with Gasteiger partial charge in [-0.15, -0.1) is 11.3 Å². The van der Waals surface area contributed by atoms with Gasteiger partial charge in [0.05, 0.1) is 12.8 Å². The maximum absolute atomic E-state index is 12.5. The van der Waals surface area contributed by atoms with Crippen molar-refractivity contribution >= 4 is 23.2 Å². The van der Waals surface area contributed by atoms with Crippen molar-refractivity contribution in [3.8, 4) is 16.3 Å². The first kappa shape index (κ1) is 20.3. The molecule has 0 N–H and O–H groups in total. The Balaban J connectivity index is 1.60. The molecular weight excluding hydrogens is 376 g/mol. The van der Waals surface area contributed by atoms with Crippen molar-refractivity contribution in [2.24, 2.45) is 0 Å². The first-order valence-corrected chi connectivity index (χ1v) is 10.5. The van der Waals surface area contributed by atoms with Crippen LogP contribution in [0, 0.1) is 6.92 Å². The van der Waals surface area contributed by atoms with Crippen molar-refractivity contribution < 1.29 is 19.1 Å². The molecule has 28 heavy (non-hydrogen) atoms. The SMILES string of the molecule is COc1ccc(-c2nc(C)c(C(=O)OCC(=O)N3CCCCCCC3)s2)cc1. The minimum absolute atomic E-state index is 0.118. The Bertz CT molecular complexity index is 808. The van der Waals surface area contributed by atoms with Gasteiger partial charge in [0.25, 0.3) is 5.91 Å². The second-order valence-corrected chi connectivity index (χ2v) is 7.89. The molecule has 1 aromatic carbocycles. The number of amides is 1. The average Bonchev–Trinajstić information content (AvgIpc) is 3.07. The Morgan fingerprint density at radius 1 is 1.07 bits per heavy atom. The normalized spacial score (nSPS) is 14.9. The van der Waals surface area contributed by atoms with Crippen molar-refractivity contribution in [3.63, 3.8) is 0 Å². The first-order chi connectivity index (χ1) is 13.6. The highest BCUT2D eigenvalue weighted by atomic mass is 32.1. The van der Waals surface area contributed by atoms with Crippen molar-refractivity contribution in [2.75, 3.05) is 26.8 Å². The number of aryl methyl sites for hydroxylation is 1. The molecule has 0 unspecified atom stereocenters. The third-order valence-corrected chi connectivity index (χ3v) is 6.04. The summed E-state index contributed by atoms with van der Waals surface area (Å²) >= 11 is 1.28. The standard InChI is InChI=1S/C21H26N2O4S/c1-15-19(28-20(22-15)16-8-10-17(26-2)11-9-16)21(25)27-14-18(24)23-12-6-4-3-5-7-13-23/h8-11H,3-7,12-14H2,1-2H3. The number of likely N-dealkylation sites (tertiary alicyclic amines) is 1. The van der Waals surface area contributed by atoms with Crippen LogP contribution < -0.4 is 4.74 Å². The zero-order valence-electron chi connectivity index (χ0n) is 16.4. The number of esters is 1. The molecule has 2 aromatic rings. The third kappa shape index (κ3) is 5.10. The number of nitrogens with zero attached hydrogens (tertiary/aromatic N) is 2. The predicted molar refractivity (Wildman–Crippen MR) is 109 cm³/mol. The van der Waals surface area contributed by atoms with Crippen LogP contribution in [0.3, 0.4) is 0 Å². The summed E-state index contributed by atoms with van der Waals surface area (Å²) < 4.78 is 10.5. The summed E-state index contributed by atoms with van der Waals surface area (Å²) in [6.07, 6.45) is 5.56. The van der Waals surface area contributed by atoms with Gasteiger partial charge in [-0.1, -0.05) is 19.3 Å². The Kier molecular flexibility index (Phi) is 7.03. The molecule has 1 aliphatic rings. The highest BCUT2D eigenvalue weighted by Crippen LogP contribution is 2.29. The molecule has 1 aliphatic heterocycles. The molecule has 3 rings (SSSR count). The summed E-state index contributed by atoms with van der Waals surface area (Å²) in [7, 11) is 1.62. The molecule has 0 atom stereocenters. The van der Waals surface area contributed by atoms with Gasteiger partial charge in [-0.2, -0.15) is 0 Å². The van der Waals surface area contributed by atoms with E-state index < -0.39 is 5.97 Å². The van der Waals surface area contributed by atoms with Gasteiger partial charge in [0.2, 0.25) is 0 Å². The van der Waals surface area contributed by atoms with E-state index in [1.54, 1.807) is 14.0 Å². The Morgan fingerprint density at radius 2 is 1.71 bits per heavy atom. The van der Waals surface area contributed by atoms with Crippen LogP contribution in [0.2, 0.25) is 0 Å². The molecule has 1 aromatic heterocycles. The molecule has 0 saturated carbocycles. The number of carbonyl (C=O) groups is 2. The summed E-state index contributed by atoms with van der Waals surface area (Å²) in [5.41, 5.74) is 1.52. The molecule has 1 fully saturated rings. The molecular formula is C21H26N2O4S. The Labute approximate surface area is 169 Å². The van der Waals surface area contributed by atoms with Gasteiger partial charge in [-0.05, 0) is 44.0 Å². The minimum Gasteiger partial charge on any atom is -0.497 e. The fourth-order valence-electron chi connectivity index (χ4n) is 3.22. The average molecular weight is 403 g/mol. The fraction of sp³-hybridized carbons (Fsp3) is 0.476. The van der Waals surface area contributed by atoms with E-state index in [0.717, 1.165) is 55.1 Å². The highest BCUT2D eigenvalue weighted by molar-refractivity contribution is 7.17. The molecule has 6 nitrogen and oxygen atoms in total. The van der Waals surface area contributed by atoms with Crippen LogP contribution in [-0.4, -0.2) is 48.6 Å². The van der Waals surface area contributed by atoms with Crippen molar-refractivity contribution in [2.45, 2.75) is 39.0 Å². The lowest BCUT2D eigenvalue weighted by Gasteiger charge is -2.24. The molecule has 2 heterocycles. The van der Waals surface area contributed by atoms with Crippen LogP contribution in [0.25, 0.3) is 10.6 Å². The van der Waals surface area contributed by atoms with Crippen molar-refractivity contribution in [1.29, 1.82) is 0 Å². The summed E-state index contributed by atoms with van der Waals surface area (Å²) in [5, 5.41) is 0.738. The smallest absolute Gasteiger partial charge is 0.350 e. The monoisotopic (exact) mass is 402 g/mol. The quantitative estimate of drug-likeness (QED) is 0.705. The van der Waals surface area contributed by atoms with Gasteiger partial charge in [-0.25, -0.2) is 9.78 Å². The molecule has 0 radical (unpaired) electrons. The minimum atomic E-state index is -0.491. The van der Waals surface area contributed by atoms with Gasteiger partial charge in [0.15, 0.2) is 6.61 Å². The van der Waals surface area contributed by atoms with Crippen LogP contribution in [-0.2, 0) is 9.53 Å². The van der Waals surface area contributed by atoms with Crippen molar-refractivity contribution in [1.82, 2.24) is 9.88 Å². The fourth-order valence-corrected chi connectivity index (χ4v) is 4.19. The molecule has 0 spiro atoms. The molecule has 150 valence electrons. The van der Waals surface area contributed by atoms with Gasteiger partial charge >= 0.3 is 5.97 Å². The number of methoxy groups -OCH3 is 1. The first-order valence-electron chi connectivity index (χ1n) is 9.65. The number of carbonyl (C=O) groups excluding carboxylic acids is 2. The van der Waals surface area contributed by atoms with E-state index in [1.165, 1.54) is 17.8 Å². The van der Waals surface area contributed by atoms with E-state index in [-0.39, 0.29) is 12.5 Å². The molecule has 1 amide bonds. The van der Waals surface area contributed by atoms with Crippen LogP contribution in [0.4, 0.5) is 0 Å². The lowest BCUT2D eigenvalue weighted by molar-refractivity contribution is -0.134. The zero-order chi connectivity index (χ0) is 19.9. The number of hydrogen-bond acceptors (Lipinski definition) is 6. The summed E-state index contributed by atoms with van der Waals surface area (Å²) in [4.78, 5) is 31.6. The molecule has 0 aliphatic carbocycles. The lowest BCUT2D eigenvalue weighted by atomic mass is 10.1. The highest BCUT2D eigenvalue weighted by Gasteiger charge is 2.21. The third-order valence-electron chi connectivity index (χ3n) is 4.85. The lowest BCUT2D eigenvalue weighted by Crippen LogP contribution is -2.36. The van der Waals surface area contributed by atoms with Gasteiger partial charge in [-0.3, -0.25) is 4.79 Å². The van der Waals surface area contributed by atoms with E-state index in [1.807, 2.05) is 29.2 Å². The van der Waals surface area contributed by atoms with Crippen LogP contribution in [0.1, 0.15) is 47.5 Å². The number of benzene rings is 1. The number of rotatable bonds is 5. The summed E-state index contributed by atoms with van der Waals surface area (Å²) in [5.74, 6) is 0.155. The van der Waals surface area contributed by atoms with Crippen LogP contribution in [0.15, 0.2) is 24.3 Å². The van der Waals surface area contributed by atoms with Gasteiger partial charge < -0.3 is 14.4 Å². The van der Waals surface area contributed by atoms with E-state index >= 15 is 0 Å². The maximum Gasteiger partial charge on any atom is 0.350 e. The van der Waals surface area contributed by atoms with Crippen LogP contribution >= 0.6 is 11.3 Å². The van der Waals surface area contributed by atoms with Gasteiger partial charge in [0.1, 0.15) is 15.6 Å². The predicted octanol–water partition coefficient (Wildman–Crippen LogP) is 4.08. The number of aromatic nitrogens is 1. The molecule has 7 heteroatoms. The summed E-state index contributed by atoms with van der Waals surface area (Å²) in [6, 6.07) is 7.51.